The van der Waals surface area contributed by atoms with E-state index in [-0.39, 0.29) is 17.2 Å². The van der Waals surface area contributed by atoms with Crippen molar-refractivity contribution < 1.29 is 17.7 Å². The maximum absolute atomic E-state index is 13.5. The number of hydrogen-bond donors (Lipinski definition) is 0. The monoisotopic (exact) mass is 421 g/mol. The van der Waals surface area contributed by atoms with Crippen LogP contribution in [0.5, 0.6) is 0 Å². The van der Waals surface area contributed by atoms with Gasteiger partial charge in [0.05, 0.1) is 12.8 Å². The summed E-state index contributed by atoms with van der Waals surface area (Å²) in [6.07, 6.45) is 4.74. The molecule has 2 aliphatic rings. The minimum atomic E-state index is -0.315. The molecule has 1 saturated heterocycles. The van der Waals surface area contributed by atoms with E-state index in [4.69, 9.17) is 13.4 Å². The third-order valence-corrected chi connectivity index (χ3v) is 6.42. The number of likely N-dealkylation sites (tertiary alicyclic amines) is 1. The quantitative estimate of drug-likeness (QED) is 0.471. The van der Waals surface area contributed by atoms with Crippen molar-refractivity contribution in [3.05, 3.63) is 60.3 Å². The van der Waals surface area contributed by atoms with Gasteiger partial charge >= 0.3 is 0 Å². The SMILES string of the molecule is Fc1cccc(-c2nnc(C3CC34CCN(Cc3nc(-c5ccco5)no3)CC4)o2)c1. The number of furan rings is 1. The van der Waals surface area contributed by atoms with Crippen molar-refractivity contribution in [1.82, 2.24) is 25.2 Å². The van der Waals surface area contributed by atoms with Crippen LogP contribution in [-0.4, -0.2) is 38.3 Å². The molecule has 1 spiro atoms. The molecular formula is C22H20FN5O3. The standard InChI is InChI=1S/C22H20FN5O3/c23-15-4-1-3-14(11-15)20-25-26-21(30-20)16-12-22(16)6-8-28(9-7-22)13-18-24-19(27-31-18)17-5-2-10-29-17/h1-5,10-11,16H,6-9,12-13H2. The molecule has 0 amide bonds. The van der Waals surface area contributed by atoms with Crippen molar-refractivity contribution in [2.75, 3.05) is 13.1 Å². The number of hydrogen-bond acceptors (Lipinski definition) is 8. The van der Waals surface area contributed by atoms with Gasteiger partial charge in [-0.1, -0.05) is 11.2 Å². The van der Waals surface area contributed by atoms with E-state index in [0.29, 0.717) is 41.4 Å². The summed E-state index contributed by atoms with van der Waals surface area (Å²) in [7, 11) is 0. The van der Waals surface area contributed by atoms with Gasteiger partial charge < -0.3 is 13.4 Å². The average molecular weight is 421 g/mol. The molecule has 4 heterocycles. The maximum Gasteiger partial charge on any atom is 0.247 e. The first-order valence-corrected chi connectivity index (χ1v) is 10.4. The first kappa shape index (κ1) is 18.4. The molecule has 1 unspecified atom stereocenters. The second-order valence-electron chi connectivity index (χ2n) is 8.34. The zero-order valence-electron chi connectivity index (χ0n) is 16.7. The Morgan fingerprint density at radius 3 is 2.84 bits per heavy atom. The molecule has 0 radical (unpaired) electrons. The topological polar surface area (TPSA) is 94.2 Å². The lowest BCUT2D eigenvalue weighted by atomic mass is 9.91. The van der Waals surface area contributed by atoms with Gasteiger partial charge in [0, 0.05) is 11.5 Å². The van der Waals surface area contributed by atoms with E-state index in [1.54, 1.807) is 24.5 Å². The second-order valence-corrected chi connectivity index (χ2v) is 8.34. The Kier molecular flexibility index (Phi) is 4.24. The predicted molar refractivity (Wildman–Crippen MR) is 106 cm³/mol. The molecule has 6 rings (SSSR count). The molecule has 1 aliphatic carbocycles. The minimum Gasteiger partial charge on any atom is -0.461 e. The molecule has 0 bridgehead atoms. The Labute approximate surface area is 177 Å². The zero-order chi connectivity index (χ0) is 20.8. The number of rotatable bonds is 5. The Hall–Kier alpha value is -3.33. The highest BCUT2D eigenvalue weighted by atomic mass is 19.1. The van der Waals surface area contributed by atoms with Crippen molar-refractivity contribution in [3.63, 3.8) is 0 Å². The summed E-state index contributed by atoms with van der Waals surface area (Å²) in [4.78, 5) is 6.75. The molecule has 158 valence electrons. The van der Waals surface area contributed by atoms with Gasteiger partial charge in [-0.3, -0.25) is 4.90 Å². The summed E-state index contributed by atoms with van der Waals surface area (Å²) in [5, 5.41) is 12.4. The number of halogens is 1. The van der Waals surface area contributed by atoms with E-state index in [9.17, 15) is 4.39 Å². The van der Waals surface area contributed by atoms with Gasteiger partial charge in [0.2, 0.25) is 23.5 Å². The molecule has 9 heteroatoms. The summed E-state index contributed by atoms with van der Waals surface area (Å²) in [6, 6.07) is 9.83. The van der Waals surface area contributed by atoms with E-state index < -0.39 is 0 Å². The summed E-state index contributed by atoms with van der Waals surface area (Å²) in [5.41, 5.74) is 0.827. The number of piperidine rings is 1. The van der Waals surface area contributed by atoms with Crippen LogP contribution >= 0.6 is 0 Å². The molecule has 1 aromatic carbocycles. The first-order valence-electron chi connectivity index (χ1n) is 10.4. The van der Waals surface area contributed by atoms with Crippen LogP contribution in [0.15, 0.2) is 56.0 Å². The van der Waals surface area contributed by atoms with Gasteiger partial charge in [-0.2, -0.15) is 4.98 Å². The van der Waals surface area contributed by atoms with Gasteiger partial charge in [-0.05, 0) is 68.1 Å². The largest absolute Gasteiger partial charge is 0.461 e. The van der Waals surface area contributed by atoms with E-state index in [1.165, 1.54) is 12.1 Å². The highest BCUT2D eigenvalue weighted by Crippen LogP contribution is 2.64. The van der Waals surface area contributed by atoms with Crippen LogP contribution in [0.2, 0.25) is 0 Å². The molecule has 1 atom stereocenters. The summed E-state index contributed by atoms with van der Waals surface area (Å²) in [6.45, 7) is 2.51. The molecule has 8 nitrogen and oxygen atoms in total. The number of benzene rings is 1. The summed E-state index contributed by atoms with van der Waals surface area (Å²) < 4.78 is 30.1. The highest BCUT2D eigenvalue weighted by molar-refractivity contribution is 5.52. The van der Waals surface area contributed by atoms with E-state index >= 15 is 0 Å². The molecule has 3 aromatic heterocycles. The van der Waals surface area contributed by atoms with Crippen LogP contribution in [-0.2, 0) is 6.54 Å². The normalized spacial score (nSPS) is 20.4. The molecule has 2 fully saturated rings. The highest BCUT2D eigenvalue weighted by Gasteiger charge is 2.58. The van der Waals surface area contributed by atoms with Gasteiger partial charge in [-0.25, -0.2) is 4.39 Å². The smallest absolute Gasteiger partial charge is 0.247 e. The van der Waals surface area contributed by atoms with E-state index in [0.717, 1.165) is 32.4 Å². The third-order valence-electron chi connectivity index (χ3n) is 6.42. The fourth-order valence-corrected chi connectivity index (χ4v) is 4.54. The molecule has 31 heavy (non-hydrogen) atoms. The van der Waals surface area contributed by atoms with Crippen LogP contribution in [0.1, 0.15) is 37.0 Å². The van der Waals surface area contributed by atoms with Gasteiger partial charge in [-0.15, -0.1) is 10.2 Å². The second kappa shape index (κ2) is 7.12. The molecule has 0 N–H and O–H groups in total. The van der Waals surface area contributed by atoms with Crippen LogP contribution in [0.25, 0.3) is 23.0 Å². The van der Waals surface area contributed by atoms with Crippen molar-refractivity contribution in [3.8, 4) is 23.0 Å². The lowest BCUT2D eigenvalue weighted by Crippen LogP contribution is -2.34. The Bertz CT molecular complexity index is 1190. The first-order chi connectivity index (χ1) is 15.2. The van der Waals surface area contributed by atoms with Crippen molar-refractivity contribution >= 4 is 0 Å². The molecule has 1 aliphatic heterocycles. The van der Waals surface area contributed by atoms with Crippen LogP contribution in [0.3, 0.4) is 0 Å². The van der Waals surface area contributed by atoms with Crippen molar-refractivity contribution in [1.29, 1.82) is 0 Å². The predicted octanol–water partition coefficient (Wildman–Crippen LogP) is 4.29. The lowest BCUT2D eigenvalue weighted by Gasteiger charge is -2.31. The van der Waals surface area contributed by atoms with Crippen LogP contribution in [0, 0.1) is 11.2 Å². The summed E-state index contributed by atoms with van der Waals surface area (Å²) >= 11 is 0. The molecular weight excluding hydrogens is 401 g/mol. The van der Waals surface area contributed by atoms with Crippen LogP contribution in [0.4, 0.5) is 4.39 Å². The molecule has 1 saturated carbocycles. The summed E-state index contributed by atoms with van der Waals surface area (Å²) in [5.74, 6) is 2.66. The Morgan fingerprint density at radius 2 is 2.03 bits per heavy atom. The van der Waals surface area contributed by atoms with E-state index in [2.05, 4.69) is 25.2 Å². The van der Waals surface area contributed by atoms with Gasteiger partial charge in [0.25, 0.3) is 0 Å². The van der Waals surface area contributed by atoms with Crippen molar-refractivity contribution in [2.45, 2.75) is 31.7 Å². The average Bonchev–Trinajstić information content (AvgIpc) is 3.30. The van der Waals surface area contributed by atoms with Gasteiger partial charge in [0.15, 0.2) is 5.76 Å². The zero-order valence-corrected chi connectivity index (χ0v) is 16.7. The number of nitrogens with zero attached hydrogens (tertiary/aromatic N) is 5. The fourth-order valence-electron chi connectivity index (χ4n) is 4.54. The van der Waals surface area contributed by atoms with Gasteiger partial charge in [0.1, 0.15) is 5.82 Å². The fraction of sp³-hybridized carbons (Fsp3) is 0.364. The minimum absolute atomic E-state index is 0.219. The Balaban J connectivity index is 1.07. The van der Waals surface area contributed by atoms with Crippen molar-refractivity contribution in [2.24, 2.45) is 5.41 Å². The van der Waals surface area contributed by atoms with E-state index in [1.807, 2.05) is 6.07 Å². The lowest BCUT2D eigenvalue weighted by molar-refractivity contribution is 0.144. The number of aromatic nitrogens is 4. The third kappa shape index (κ3) is 3.44. The molecule has 4 aromatic rings. The van der Waals surface area contributed by atoms with Crippen LogP contribution < -0.4 is 0 Å². The maximum atomic E-state index is 13.5. The Morgan fingerprint density at radius 1 is 1.13 bits per heavy atom.